The number of hydrogen-bond donors (Lipinski definition) is 1. The third kappa shape index (κ3) is 4.59. The summed E-state index contributed by atoms with van der Waals surface area (Å²) in [6, 6.07) is 0.677. The summed E-state index contributed by atoms with van der Waals surface area (Å²) in [7, 11) is 4.49. The number of rotatable bonds is 4. The van der Waals surface area contributed by atoms with Gasteiger partial charge in [-0.05, 0) is 52.2 Å². The molecule has 1 aliphatic heterocycles. The Morgan fingerprint density at radius 2 is 2.05 bits per heavy atom. The Bertz CT molecular complexity index is 313. The Kier molecular flexibility index (Phi) is 5.43. The predicted octanol–water partition coefficient (Wildman–Crippen LogP) is 1.81. The number of hydrogen-bond acceptors (Lipinski definition) is 3. The van der Waals surface area contributed by atoms with Crippen molar-refractivity contribution < 1.29 is 0 Å². The van der Waals surface area contributed by atoms with Crippen LogP contribution in [-0.2, 0) is 0 Å². The maximum Gasteiger partial charge on any atom is 0.0345 e. The first kappa shape index (κ1) is 15.0. The van der Waals surface area contributed by atoms with Crippen molar-refractivity contribution in [2.45, 2.75) is 32.7 Å². The molecule has 3 heteroatoms. The van der Waals surface area contributed by atoms with Crippen LogP contribution in [0.2, 0.25) is 0 Å². The second-order valence-electron chi connectivity index (χ2n) is 6.85. The van der Waals surface area contributed by atoms with Crippen molar-refractivity contribution in [3.63, 3.8) is 0 Å². The van der Waals surface area contributed by atoms with E-state index in [0.717, 1.165) is 18.4 Å². The molecule has 0 radical (unpaired) electrons. The quantitative estimate of drug-likeness (QED) is 0.782. The van der Waals surface area contributed by atoms with E-state index in [2.05, 4.69) is 49.1 Å². The first-order valence-electron chi connectivity index (χ1n) is 7.81. The zero-order valence-corrected chi connectivity index (χ0v) is 13.2. The Labute approximate surface area is 119 Å². The van der Waals surface area contributed by atoms with E-state index in [1.807, 2.05) is 0 Å². The molecule has 0 aromatic rings. The van der Waals surface area contributed by atoms with Crippen LogP contribution in [-0.4, -0.2) is 62.7 Å². The summed E-state index contributed by atoms with van der Waals surface area (Å²) < 4.78 is 0. The third-order valence-electron chi connectivity index (χ3n) is 4.68. The van der Waals surface area contributed by atoms with Gasteiger partial charge in [0.1, 0.15) is 0 Å². The van der Waals surface area contributed by atoms with E-state index < -0.39 is 0 Å². The molecule has 0 aromatic carbocycles. The first-order valence-corrected chi connectivity index (χ1v) is 7.81. The summed E-state index contributed by atoms with van der Waals surface area (Å²) in [6.07, 6.45) is 5.09. The van der Waals surface area contributed by atoms with Crippen molar-refractivity contribution in [2.75, 3.05) is 46.8 Å². The Hall–Kier alpha value is -0.380. The number of allylic oxidation sites excluding steroid dienone is 2. The van der Waals surface area contributed by atoms with Crippen LogP contribution in [0.5, 0.6) is 0 Å². The number of nitrogens with zero attached hydrogens (tertiary/aromatic N) is 2. The maximum atomic E-state index is 3.72. The molecular formula is C16H31N3. The van der Waals surface area contributed by atoms with Gasteiger partial charge in [0, 0.05) is 32.2 Å². The van der Waals surface area contributed by atoms with Gasteiger partial charge in [-0.3, -0.25) is 4.90 Å². The van der Waals surface area contributed by atoms with Gasteiger partial charge in [-0.25, -0.2) is 0 Å². The second-order valence-corrected chi connectivity index (χ2v) is 6.85. The van der Waals surface area contributed by atoms with Gasteiger partial charge in [0.2, 0.25) is 0 Å². The Balaban J connectivity index is 1.70. The van der Waals surface area contributed by atoms with Gasteiger partial charge in [0.15, 0.2) is 0 Å². The minimum absolute atomic E-state index is 0.677. The van der Waals surface area contributed by atoms with E-state index in [4.69, 9.17) is 0 Å². The average molecular weight is 265 g/mol. The van der Waals surface area contributed by atoms with E-state index in [-0.39, 0.29) is 0 Å². The number of nitrogens with one attached hydrogen (secondary N) is 1. The average Bonchev–Trinajstić information content (AvgIpc) is 2.32. The molecule has 0 spiro atoms. The predicted molar refractivity (Wildman–Crippen MR) is 82.4 cm³/mol. The van der Waals surface area contributed by atoms with Gasteiger partial charge in [-0.15, -0.1) is 0 Å². The topological polar surface area (TPSA) is 18.5 Å². The molecule has 2 aliphatic rings. The molecule has 2 rings (SSSR count). The van der Waals surface area contributed by atoms with Crippen LogP contribution in [0.25, 0.3) is 0 Å². The lowest BCUT2D eigenvalue weighted by atomic mass is 9.84. The number of piperazine rings is 1. The van der Waals surface area contributed by atoms with Crippen molar-refractivity contribution in [1.82, 2.24) is 15.1 Å². The zero-order chi connectivity index (χ0) is 13.8. The third-order valence-corrected chi connectivity index (χ3v) is 4.68. The smallest absolute Gasteiger partial charge is 0.0345 e. The molecule has 19 heavy (non-hydrogen) atoms. The van der Waals surface area contributed by atoms with E-state index in [9.17, 15) is 0 Å². The lowest BCUT2D eigenvalue weighted by molar-refractivity contribution is 0.112. The fourth-order valence-corrected chi connectivity index (χ4v) is 3.62. The van der Waals surface area contributed by atoms with Gasteiger partial charge in [0.25, 0.3) is 0 Å². The molecule has 110 valence electrons. The van der Waals surface area contributed by atoms with Crippen molar-refractivity contribution in [1.29, 1.82) is 0 Å². The summed E-state index contributed by atoms with van der Waals surface area (Å²) in [5.74, 6) is 1.61. The molecule has 0 aromatic heterocycles. The zero-order valence-electron chi connectivity index (χ0n) is 13.2. The second kappa shape index (κ2) is 6.87. The Morgan fingerprint density at radius 1 is 1.26 bits per heavy atom. The summed E-state index contributed by atoms with van der Waals surface area (Å²) >= 11 is 0. The summed E-state index contributed by atoms with van der Waals surface area (Å²) in [6.45, 7) is 10.6. The summed E-state index contributed by atoms with van der Waals surface area (Å²) in [5, 5.41) is 3.72. The van der Waals surface area contributed by atoms with Crippen molar-refractivity contribution in [3.8, 4) is 0 Å². The highest BCUT2D eigenvalue weighted by Gasteiger charge is 2.22. The van der Waals surface area contributed by atoms with Crippen LogP contribution >= 0.6 is 0 Å². The van der Waals surface area contributed by atoms with Gasteiger partial charge in [0.05, 0.1) is 0 Å². The molecule has 3 nitrogen and oxygen atoms in total. The highest BCUT2D eigenvalue weighted by Crippen LogP contribution is 2.27. The van der Waals surface area contributed by atoms with Gasteiger partial charge >= 0.3 is 0 Å². The van der Waals surface area contributed by atoms with Crippen LogP contribution < -0.4 is 5.32 Å². The molecule has 3 atom stereocenters. The highest BCUT2D eigenvalue weighted by atomic mass is 15.3. The van der Waals surface area contributed by atoms with Crippen molar-refractivity contribution in [3.05, 3.63) is 11.6 Å². The summed E-state index contributed by atoms with van der Waals surface area (Å²) in [4.78, 5) is 4.95. The Morgan fingerprint density at radius 3 is 2.79 bits per heavy atom. The minimum atomic E-state index is 0.677. The lowest BCUT2D eigenvalue weighted by Gasteiger charge is -2.38. The lowest BCUT2D eigenvalue weighted by Crippen LogP contribution is -2.54. The molecule has 1 saturated heterocycles. The van der Waals surface area contributed by atoms with Crippen molar-refractivity contribution in [2.24, 2.45) is 11.8 Å². The molecule has 1 fully saturated rings. The van der Waals surface area contributed by atoms with E-state index in [1.54, 1.807) is 5.57 Å². The molecule has 3 unspecified atom stereocenters. The number of likely N-dealkylation sites (N-methyl/N-ethyl adjacent to an activating group) is 2. The highest BCUT2D eigenvalue weighted by molar-refractivity contribution is 5.06. The monoisotopic (exact) mass is 265 g/mol. The SMILES string of the molecule is CC1=CC(C)CC(CNCC2CN(C)CCN2C)C1. The molecule has 0 bridgehead atoms. The molecule has 1 N–H and O–H groups in total. The van der Waals surface area contributed by atoms with Crippen LogP contribution in [0.1, 0.15) is 26.7 Å². The molecule has 1 heterocycles. The molecular weight excluding hydrogens is 234 g/mol. The maximum absolute atomic E-state index is 3.72. The minimum Gasteiger partial charge on any atom is -0.315 e. The fourth-order valence-electron chi connectivity index (χ4n) is 3.62. The van der Waals surface area contributed by atoms with Crippen LogP contribution in [0.4, 0.5) is 0 Å². The normalized spacial score (nSPS) is 34.3. The van der Waals surface area contributed by atoms with Crippen molar-refractivity contribution >= 4 is 0 Å². The first-order chi connectivity index (χ1) is 9.04. The standard InChI is InChI=1S/C16H31N3/c1-13-7-14(2)9-15(8-13)10-17-11-16-12-18(3)5-6-19(16)4/h7,13,15-17H,5-6,8-12H2,1-4H3. The van der Waals surface area contributed by atoms with E-state index in [0.29, 0.717) is 6.04 Å². The van der Waals surface area contributed by atoms with E-state index in [1.165, 1.54) is 39.0 Å². The van der Waals surface area contributed by atoms with Crippen LogP contribution in [0.15, 0.2) is 11.6 Å². The molecule has 1 aliphatic carbocycles. The summed E-state index contributed by atoms with van der Waals surface area (Å²) in [5.41, 5.74) is 1.58. The van der Waals surface area contributed by atoms with Gasteiger partial charge in [-0.2, -0.15) is 0 Å². The molecule has 0 saturated carbocycles. The largest absolute Gasteiger partial charge is 0.315 e. The molecule has 0 amide bonds. The van der Waals surface area contributed by atoms with Gasteiger partial charge < -0.3 is 10.2 Å². The van der Waals surface area contributed by atoms with Gasteiger partial charge in [-0.1, -0.05) is 18.6 Å². The van der Waals surface area contributed by atoms with E-state index >= 15 is 0 Å². The fraction of sp³-hybridized carbons (Fsp3) is 0.875. The van der Waals surface area contributed by atoms with Crippen LogP contribution in [0.3, 0.4) is 0 Å². The van der Waals surface area contributed by atoms with Crippen LogP contribution in [0, 0.1) is 11.8 Å².